The van der Waals surface area contributed by atoms with E-state index >= 15 is 0 Å². The van der Waals surface area contributed by atoms with E-state index < -0.39 is 10.0 Å². The molecule has 3 rings (SSSR count). The van der Waals surface area contributed by atoms with E-state index in [4.69, 9.17) is 16.3 Å². The molecule has 0 aliphatic carbocycles. The van der Waals surface area contributed by atoms with Crippen molar-refractivity contribution in [3.63, 3.8) is 0 Å². The summed E-state index contributed by atoms with van der Waals surface area (Å²) in [5.74, 6) is 0.156. The molecule has 2 amide bonds. The number of nitrogens with zero attached hydrogens (tertiary/aromatic N) is 2. The standard InChI is InChI=1S/C20H28ClN3O5S/c1-13(2)10-16-12-29-20(26)24(16)15-6-8-23(9-7-15)30(27,28)17-4-5-19(18(21)11-17)22-14(3)25/h4-5,11,13,15-16H,6-10,12H2,1-3H3,(H,22,25). The largest absolute Gasteiger partial charge is 0.447 e. The first-order valence-corrected chi connectivity index (χ1v) is 11.9. The van der Waals surface area contributed by atoms with Gasteiger partial charge in [-0.15, -0.1) is 0 Å². The van der Waals surface area contributed by atoms with Crippen molar-refractivity contribution in [3.8, 4) is 0 Å². The average Bonchev–Trinajstić information content (AvgIpc) is 3.02. The zero-order chi connectivity index (χ0) is 22.1. The lowest BCUT2D eigenvalue weighted by molar-refractivity contribution is -0.114. The first-order chi connectivity index (χ1) is 14.1. The maximum Gasteiger partial charge on any atom is 0.410 e. The molecule has 0 saturated carbocycles. The second kappa shape index (κ2) is 9.11. The van der Waals surface area contributed by atoms with Crippen molar-refractivity contribution in [1.29, 1.82) is 0 Å². The number of hydrogen-bond acceptors (Lipinski definition) is 5. The predicted molar refractivity (Wildman–Crippen MR) is 114 cm³/mol. The van der Waals surface area contributed by atoms with Gasteiger partial charge in [0.15, 0.2) is 0 Å². The summed E-state index contributed by atoms with van der Waals surface area (Å²) in [6.07, 6.45) is 1.67. The summed E-state index contributed by atoms with van der Waals surface area (Å²) >= 11 is 6.15. The van der Waals surface area contributed by atoms with Crippen LogP contribution in [0.1, 0.15) is 40.0 Å². The molecule has 0 radical (unpaired) electrons. The van der Waals surface area contributed by atoms with Gasteiger partial charge >= 0.3 is 6.09 Å². The SMILES string of the molecule is CC(=O)Nc1ccc(S(=O)(=O)N2CCC(N3C(=O)OCC3CC(C)C)CC2)cc1Cl. The molecule has 1 aromatic rings. The van der Waals surface area contributed by atoms with Gasteiger partial charge in [-0.25, -0.2) is 13.2 Å². The third kappa shape index (κ3) is 4.90. The molecule has 2 aliphatic heterocycles. The Hall–Kier alpha value is -1.84. The number of piperidine rings is 1. The topological polar surface area (TPSA) is 96.0 Å². The number of anilines is 1. The van der Waals surface area contributed by atoms with E-state index in [9.17, 15) is 18.0 Å². The molecule has 0 spiro atoms. The van der Waals surface area contributed by atoms with E-state index in [0.717, 1.165) is 6.42 Å². The lowest BCUT2D eigenvalue weighted by atomic mass is 9.99. The fourth-order valence-corrected chi connectivity index (χ4v) is 5.89. The molecule has 8 nitrogen and oxygen atoms in total. The van der Waals surface area contributed by atoms with Crippen LogP contribution in [-0.4, -0.2) is 61.4 Å². The number of benzene rings is 1. The van der Waals surface area contributed by atoms with E-state index in [-0.39, 0.29) is 34.0 Å². The number of sulfonamides is 1. The number of nitrogens with one attached hydrogen (secondary N) is 1. The highest BCUT2D eigenvalue weighted by molar-refractivity contribution is 7.89. The van der Waals surface area contributed by atoms with Crippen LogP contribution < -0.4 is 5.32 Å². The Bertz CT molecular complexity index is 913. The van der Waals surface area contributed by atoms with E-state index in [1.165, 1.54) is 29.4 Å². The number of ether oxygens (including phenoxy) is 1. The van der Waals surface area contributed by atoms with Crippen molar-refractivity contribution in [2.24, 2.45) is 5.92 Å². The number of cyclic esters (lactones) is 1. The third-order valence-electron chi connectivity index (χ3n) is 5.45. The first-order valence-electron chi connectivity index (χ1n) is 10.1. The Balaban J connectivity index is 1.68. The molecule has 1 aromatic carbocycles. The minimum Gasteiger partial charge on any atom is -0.447 e. The second-order valence-electron chi connectivity index (χ2n) is 8.23. The minimum atomic E-state index is -3.72. The normalized spacial score (nSPS) is 21.2. The lowest BCUT2D eigenvalue weighted by Gasteiger charge is -2.37. The minimum absolute atomic E-state index is 0.0269. The fourth-order valence-electron chi connectivity index (χ4n) is 4.10. The number of carbonyl (C=O) groups excluding carboxylic acids is 2. The van der Waals surface area contributed by atoms with Gasteiger partial charge in [0.25, 0.3) is 0 Å². The number of hydrogen-bond donors (Lipinski definition) is 1. The van der Waals surface area contributed by atoms with Gasteiger partial charge in [-0.3, -0.25) is 9.69 Å². The van der Waals surface area contributed by atoms with Gasteiger partial charge in [-0.2, -0.15) is 4.31 Å². The van der Waals surface area contributed by atoms with Crippen LogP contribution in [-0.2, 0) is 19.6 Å². The van der Waals surface area contributed by atoms with E-state index in [0.29, 0.717) is 44.1 Å². The van der Waals surface area contributed by atoms with Crippen molar-refractivity contribution in [3.05, 3.63) is 23.2 Å². The molecule has 1 N–H and O–H groups in total. The molecule has 2 aliphatic rings. The van der Waals surface area contributed by atoms with Gasteiger partial charge in [0, 0.05) is 26.1 Å². The van der Waals surface area contributed by atoms with Crippen LogP contribution in [0.2, 0.25) is 5.02 Å². The summed E-state index contributed by atoms with van der Waals surface area (Å²) in [5, 5.41) is 2.73. The Kier molecular flexibility index (Phi) is 6.94. The first kappa shape index (κ1) is 22.8. The zero-order valence-electron chi connectivity index (χ0n) is 17.4. The van der Waals surface area contributed by atoms with E-state index in [1.54, 1.807) is 0 Å². The van der Waals surface area contributed by atoms with E-state index in [2.05, 4.69) is 19.2 Å². The van der Waals surface area contributed by atoms with Gasteiger partial charge in [-0.05, 0) is 43.4 Å². The monoisotopic (exact) mass is 457 g/mol. The van der Waals surface area contributed by atoms with Crippen molar-refractivity contribution in [1.82, 2.24) is 9.21 Å². The molecule has 2 saturated heterocycles. The predicted octanol–water partition coefficient (Wildman–Crippen LogP) is 3.32. The van der Waals surface area contributed by atoms with Crippen molar-refractivity contribution in [2.45, 2.75) is 57.0 Å². The summed E-state index contributed by atoms with van der Waals surface area (Å²) in [6, 6.07) is 4.30. The molecular weight excluding hydrogens is 430 g/mol. The highest BCUT2D eigenvalue weighted by atomic mass is 35.5. The average molecular weight is 458 g/mol. The van der Waals surface area contributed by atoms with Crippen molar-refractivity contribution >= 4 is 39.3 Å². The van der Waals surface area contributed by atoms with Crippen LogP contribution in [0, 0.1) is 5.92 Å². The third-order valence-corrected chi connectivity index (χ3v) is 7.66. The maximum absolute atomic E-state index is 13.0. The number of amides is 2. The molecule has 10 heteroatoms. The molecule has 166 valence electrons. The Labute approximate surface area is 182 Å². The van der Waals surface area contributed by atoms with Gasteiger partial charge in [0.05, 0.1) is 21.6 Å². The van der Waals surface area contributed by atoms with Crippen LogP contribution in [0.3, 0.4) is 0 Å². The zero-order valence-corrected chi connectivity index (χ0v) is 19.0. The van der Waals surface area contributed by atoms with Crippen LogP contribution in [0.4, 0.5) is 10.5 Å². The molecule has 30 heavy (non-hydrogen) atoms. The second-order valence-corrected chi connectivity index (χ2v) is 10.6. The van der Waals surface area contributed by atoms with Crippen LogP contribution >= 0.6 is 11.6 Å². The van der Waals surface area contributed by atoms with Crippen LogP contribution in [0.5, 0.6) is 0 Å². The van der Waals surface area contributed by atoms with Crippen LogP contribution in [0.25, 0.3) is 0 Å². The quantitative estimate of drug-likeness (QED) is 0.706. The highest BCUT2D eigenvalue weighted by Crippen LogP contribution is 2.31. The summed E-state index contributed by atoms with van der Waals surface area (Å²) < 4.78 is 32.8. The summed E-state index contributed by atoms with van der Waals surface area (Å²) in [7, 11) is -3.72. The van der Waals surface area contributed by atoms with Crippen molar-refractivity contribution in [2.75, 3.05) is 25.0 Å². The number of halogens is 1. The molecule has 2 fully saturated rings. The summed E-state index contributed by atoms with van der Waals surface area (Å²) in [5.41, 5.74) is 0.366. The Morgan fingerprint density at radius 1 is 1.30 bits per heavy atom. The van der Waals surface area contributed by atoms with Gasteiger partial charge in [0.1, 0.15) is 6.61 Å². The van der Waals surface area contributed by atoms with Gasteiger partial charge < -0.3 is 10.1 Å². The molecular formula is C20H28ClN3O5S. The molecule has 0 aromatic heterocycles. The van der Waals surface area contributed by atoms with Gasteiger partial charge in [-0.1, -0.05) is 25.4 Å². The van der Waals surface area contributed by atoms with E-state index in [1.807, 2.05) is 4.90 Å². The summed E-state index contributed by atoms with van der Waals surface area (Å²) in [4.78, 5) is 25.3. The van der Waals surface area contributed by atoms with Crippen LogP contribution in [0.15, 0.2) is 23.1 Å². The molecule has 1 atom stereocenters. The molecule has 1 unspecified atom stereocenters. The number of carbonyl (C=O) groups is 2. The van der Waals surface area contributed by atoms with Crippen molar-refractivity contribution < 1.29 is 22.7 Å². The Morgan fingerprint density at radius 2 is 1.97 bits per heavy atom. The fraction of sp³-hybridized carbons (Fsp3) is 0.600. The molecule has 2 heterocycles. The Morgan fingerprint density at radius 3 is 2.53 bits per heavy atom. The van der Waals surface area contributed by atoms with Gasteiger partial charge in [0.2, 0.25) is 15.9 Å². The maximum atomic E-state index is 13.0. The summed E-state index contributed by atoms with van der Waals surface area (Å²) in [6.45, 7) is 6.60. The molecule has 0 bridgehead atoms. The highest BCUT2D eigenvalue weighted by Gasteiger charge is 2.41. The lowest BCUT2D eigenvalue weighted by Crippen LogP contribution is -2.49. The smallest absolute Gasteiger partial charge is 0.410 e. The number of rotatable bonds is 6.